The molecule has 0 radical (unpaired) electrons. The molecule has 16 heavy (non-hydrogen) atoms. The zero-order valence-corrected chi connectivity index (χ0v) is 10.2. The normalized spacial score (nSPS) is 14.8. The number of benzene rings is 1. The average Bonchev–Trinajstić information content (AvgIpc) is 2.28. The largest absolute Gasteiger partial charge is 0.382 e. The highest BCUT2D eigenvalue weighted by Gasteiger charge is 2.11. The Labute approximate surface area is 96.6 Å². The molecule has 0 aromatic heterocycles. The van der Waals surface area contributed by atoms with E-state index < -0.39 is 0 Å². The summed E-state index contributed by atoms with van der Waals surface area (Å²) in [6.07, 6.45) is 1.88. The Kier molecular flexibility index (Phi) is 4.90. The Balaban J connectivity index is 2.65. The van der Waals surface area contributed by atoms with Crippen LogP contribution in [0.4, 0.5) is 4.39 Å². The maximum Gasteiger partial charge on any atom is 0.123 e. The first-order valence-corrected chi connectivity index (χ1v) is 5.59. The molecule has 1 rings (SSSR count). The fourth-order valence-electron chi connectivity index (χ4n) is 1.70. The first-order valence-electron chi connectivity index (χ1n) is 5.59. The van der Waals surface area contributed by atoms with Crippen LogP contribution in [0.5, 0.6) is 0 Å². The van der Waals surface area contributed by atoms with Gasteiger partial charge in [0.15, 0.2) is 0 Å². The van der Waals surface area contributed by atoms with E-state index in [1.165, 1.54) is 12.1 Å². The minimum atomic E-state index is -0.226. The number of aryl methyl sites for hydroxylation is 1. The van der Waals surface area contributed by atoms with Gasteiger partial charge in [-0.05, 0) is 49.9 Å². The van der Waals surface area contributed by atoms with Crippen molar-refractivity contribution >= 4 is 0 Å². The first kappa shape index (κ1) is 13.1. The van der Waals surface area contributed by atoms with E-state index in [9.17, 15) is 4.39 Å². The van der Waals surface area contributed by atoms with Gasteiger partial charge in [0.2, 0.25) is 0 Å². The van der Waals surface area contributed by atoms with Crippen molar-refractivity contribution in [1.29, 1.82) is 0 Å². The van der Waals surface area contributed by atoms with Gasteiger partial charge in [-0.1, -0.05) is 6.07 Å². The van der Waals surface area contributed by atoms with Crippen molar-refractivity contribution in [2.45, 2.75) is 38.8 Å². The summed E-state index contributed by atoms with van der Waals surface area (Å²) < 4.78 is 18.3. The molecule has 0 aliphatic heterocycles. The van der Waals surface area contributed by atoms with Crippen LogP contribution in [-0.4, -0.2) is 13.2 Å². The van der Waals surface area contributed by atoms with Gasteiger partial charge >= 0.3 is 0 Å². The number of methoxy groups -OCH3 is 1. The van der Waals surface area contributed by atoms with Gasteiger partial charge in [0.1, 0.15) is 5.82 Å². The summed E-state index contributed by atoms with van der Waals surface area (Å²) in [5.74, 6) is -0.226. The van der Waals surface area contributed by atoms with Gasteiger partial charge in [-0.3, -0.25) is 0 Å². The van der Waals surface area contributed by atoms with Crippen LogP contribution in [0.3, 0.4) is 0 Å². The summed E-state index contributed by atoms with van der Waals surface area (Å²) in [4.78, 5) is 0. The zero-order valence-electron chi connectivity index (χ0n) is 10.2. The Hall–Kier alpha value is -0.930. The molecule has 1 aromatic carbocycles. The number of ether oxygens (including phenoxy) is 1. The van der Waals surface area contributed by atoms with Crippen molar-refractivity contribution in [2.24, 2.45) is 5.73 Å². The maximum absolute atomic E-state index is 13.1. The Bertz CT molecular complexity index is 341. The number of halogens is 1. The quantitative estimate of drug-likeness (QED) is 0.836. The third kappa shape index (κ3) is 3.58. The topological polar surface area (TPSA) is 35.2 Å². The van der Waals surface area contributed by atoms with Crippen molar-refractivity contribution in [2.75, 3.05) is 7.11 Å². The van der Waals surface area contributed by atoms with Crippen molar-refractivity contribution in [3.8, 4) is 0 Å². The maximum atomic E-state index is 13.1. The second-order valence-corrected chi connectivity index (χ2v) is 4.23. The molecule has 2 N–H and O–H groups in total. The standard InChI is InChI=1S/C13H20FNO/c1-9-4-6-11(14)8-12(9)13(15)7-5-10(2)16-3/h4,6,8,10,13H,5,7,15H2,1-3H3. The van der Waals surface area contributed by atoms with Gasteiger partial charge in [0.25, 0.3) is 0 Å². The lowest BCUT2D eigenvalue weighted by atomic mass is 9.97. The summed E-state index contributed by atoms with van der Waals surface area (Å²) >= 11 is 0. The van der Waals surface area contributed by atoms with E-state index in [1.54, 1.807) is 13.2 Å². The van der Waals surface area contributed by atoms with Crippen LogP contribution in [0.15, 0.2) is 18.2 Å². The van der Waals surface area contributed by atoms with Crippen molar-refractivity contribution in [3.63, 3.8) is 0 Å². The zero-order chi connectivity index (χ0) is 12.1. The van der Waals surface area contributed by atoms with Gasteiger partial charge in [-0.25, -0.2) is 4.39 Å². The van der Waals surface area contributed by atoms with Gasteiger partial charge < -0.3 is 10.5 Å². The SMILES string of the molecule is COC(C)CCC(N)c1cc(F)ccc1C. The third-order valence-corrected chi connectivity index (χ3v) is 2.93. The number of hydrogen-bond acceptors (Lipinski definition) is 2. The molecule has 2 nitrogen and oxygen atoms in total. The molecule has 2 unspecified atom stereocenters. The van der Waals surface area contributed by atoms with Crippen LogP contribution in [0.25, 0.3) is 0 Å². The van der Waals surface area contributed by atoms with Gasteiger partial charge in [-0.2, -0.15) is 0 Å². The smallest absolute Gasteiger partial charge is 0.123 e. The fraction of sp³-hybridized carbons (Fsp3) is 0.538. The van der Waals surface area contributed by atoms with Crippen LogP contribution in [0.1, 0.15) is 36.9 Å². The van der Waals surface area contributed by atoms with Crippen LogP contribution >= 0.6 is 0 Å². The molecule has 0 spiro atoms. The van der Waals surface area contributed by atoms with E-state index in [4.69, 9.17) is 10.5 Å². The number of rotatable bonds is 5. The van der Waals surface area contributed by atoms with Crippen LogP contribution in [-0.2, 0) is 4.74 Å². The van der Waals surface area contributed by atoms with Crippen molar-refractivity contribution < 1.29 is 9.13 Å². The lowest BCUT2D eigenvalue weighted by molar-refractivity contribution is 0.107. The minimum Gasteiger partial charge on any atom is -0.382 e. The molecule has 0 saturated carbocycles. The Morgan fingerprint density at radius 1 is 1.38 bits per heavy atom. The Morgan fingerprint density at radius 3 is 2.69 bits per heavy atom. The van der Waals surface area contributed by atoms with Crippen LogP contribution in [0.2, 0.25) is 0 Å². The monoisotopic (exact) mass is 225 g/mol. The van der Waals surface area contributed by atoms with E-state index in [2.05, 4.69) is 0 Å². The van der Waals surface area contributed by atoms with Gasteiger partial charge in [-0.15, -0.1) is 0 Å². The van der Waals surface area contributed by atoms with Crippen molar-refractivity contribution in [3.05, 3.63) is 35.1 Å². The summed E-state index contributed by atoms with van der Waals surface area (Å²) in [6.45, 7) is 3.96. The Morgan fingerprint density at radius 2 is 2.06 bits per heavy atom. The average molecular weight is 225 g/mol. The second kappa shape index (κ2) is 5.97. The molecular formula is C13H20FNO. The molecule has 0 heterocycles. The minimum absolute atomic E-state index is 0.117. The number of nitrogens with two attached hydrogens (primary N) is 1. The molecule has 2 atom stereocenters. The lowest BCUT2D eigenvalue weighted by Crippen LogP contribution is -2.15. The fourth-order valence-corrected chi connectivity index (χ4v) is 1.70. The van der Waals surface area contributed by atoms with Gasteiger partial charge in [0, 0.05) is 13.2 Å². The summed E-state index contributed by atoms with van der Waals surface area (Å²) in [6, 6.07) is 4.64. The van der Waals surface area contributed by atoms with Crippen LogP contribution < -0.4 is 5.73 Å². The second-order valence-electron chi connectivity index (χ2n) is 4.23. The molecule has 1 aromatic rings. The molecule has 0 aliphatic rings. The molecule has 0 fully saturated rings. The predicted octanol–water partition coefficient (Wildman–Crippen LogP) is 2.95. The third-order valence-electron chi connectivity index (χ3n) is 2.93. The molecular weight excluding hydrogens is 205 g/mol. The van der Waals surface area contributed by atoms with Gasteiger partial charge in [0.05, 0.1) is 6.10 Å². The molecule has 0 amide bonds. The molecule has 0 bridgehead atoms. The van der Waals surface area contributed by atoms with E-state index in [1.807, 2.05) is 13.8 Å². The molecule has 0 aliphatic carbocycles. The van der Waals surface area contributed by atoms with E-state index in [0.29, 0.717) is 0 Å². The highest BCUT2D eigenvalue weighted by atomic mass is 19.1. The summed E-state index contributed by atoms with van der Waals surface area (Å²) in [5.41, 5.74) is 7.98. The molecule has 0 saturated heterocycles. The van der Waals surface area contributed by atoms with E-state index >= 15 is 0 Å². The van der Waals surface area contributed by atoms with E-state index in [-0.39, 0.29) is 18.0 Å². The molecule has 90 valence electrons. The number of hydrogen-bond donors (Lipinski definition) is 1. The highest BCUT2D eigenvalue weighted by Crippen LogP contribution is 2.21. The predicted molar refractivity (Wildman–Crippen MR) is 63.8 cm³/mol. The summed E-state index contributed by atoms with van der Waals surface area (Å²) in [5, 5.41) is 0. The van der Waals surface area contributed by atoms with E-state index in [0.717, 1.165) is 24.0 Å². The van der Waals surface area contributed by atoms with Crippen molar-refractivity contribution in [1.82, 2.24) is 0 Å². The summed E-state index contributed by atoms with van der Waals surface area (Å²) in [7, 11) is 1.68. The first-order chi connectivity index (χ1) is 7.54. The van der Waals surface area contributed by atoms with Crippen LogP contribution in [0, 0.1) is 12.7 Å². The lowest BCUT2D eigenvalue weighted by Gasteiger charge is -2.17. The molecule has 3 heteroatoms. The highest BCUT2D eigenvalue weighted by molar-refractivity contribution is 5.29.